The van der Waals surface area contributed by atoms with E-state index in [0.29, 0.717) is 29.7 Å². The number of halogens is 1. The zero-order valence-corrected chi connectivity index (χ0v) is 20.8. The highest BCUT2D eigenvalue weighted by atomic mass is 127. The Morgan fingerprint density at radius 1 is 1.37 bits per heavy atom. The monoisotopic (exact) mass is 526 g/mol. The molecule has 3 aliphatic carbocycles. The number of carbonyl (C=O) groups excluding carboxylic acids is 1. The third-order valence-corrected chi connectivity index (χ3v) is 8.92. The lowest BCUT2D eigenvalue weighted by atomic mass is 9.45. The summed E-state index contributed by atoms with van der Waals surface area (Å²) >= 11 is 2.30. The van der Waals surface area contributed by atoms with Gasteiger partial charge in [0, 0.05) is 15.5 Å². The van der Waals surface area contributed by atoms with Crippen LogP contribution in [-0.2, 0) is 16.2 Å². The topological polar surface area (TPSA) is 61.8 Å². The van der Waals surface area contributed by atoms with E-state index < -0.39 is 12.1 Å². The number of hydrogen-bond acceptors (Lipinski definition) is 4. The predicted octanol–water partition coefficient (Wildman–Crippen LogP) is 3.98. The van der Waals surface area contributed by atoms with Gasteiger partial charge in [-0.3, -0.25) is 9.63 Å². The molecule has 1 aromatic carbocycles. The first-order chi connectivity index (χ1) is 14.1. The van der Waals surface area contributed by atoms with Crippen LogP contribution in [0.5, 0.6) is 0 Å². The van der Waals surface area contributed by atoms with Gasteiger partial charge in [0.1, 0.15) is 6.04 Å². The van der Waals surface area contributed by atoms with E-state index in [4.69, 9.17) is 4.84 Å². The van der Waals surface area contributed by atoms with Crippen molar-refractivity contribution in [2.75, 3.05) is 0 Å². The number of benzene rings is 1. The molecule has 1 saturated heterocycles. The number of nitrogens with one attached hydrogen (secondary N) is 1. The van der Waals surface area contributed by atoms with Gasteiger partial charge in [-0.2, -0.15) is 5.06 Å². The second-order valence-corrected chi connectivity index (χ2v) is 11.6. The number of amides is 1. The Kier molecular flexibility index (Phi) is 6.25. The Balaban J connectivity index is 1.51. The summed E-state index contributed by atoms with van der Waals surface area (Å²) in [4.78, 5) is 19.6. The standard InChI is InChI=1S/C24H35IN2O3/c1-13-19-10-17(24(19,4)5)11-20(13)26-23(29)22-21(14(2)28)15(3)30-27(22)12-16-7-6-8-18(25)9-16/h6-9,13-15,17,19-22,28H,10-12H2,1-5H3,(H,26,29)/t13-,14-,15-,17+,19-,20-,21+,22-/m0/s1. The molecule has 2 N–H and O–H groups in total. The average molecular weight is 526 g/mol. The first-order valence-electron chi connectivity index (χ1n) is 11.3. The van der Waals surface area contributed by atoms with E-state index >= 15 is 0 Å². The summed E-state index contributed by atoms with van der Waals surface area (Å²) in [5, 5.41) is 15.6. The molecule has 0 radical (unpaired) electrons. The van der Waals surface area contributed by atoms with Crippen LogP contribution in [-0.4, -0.2) is 40.4 Å². The maximum atomic E-state index is 13.5. The molecule has 1 aromatic rings. The summed E-state index contributed by atoms with van der Waals surface area (Å²) in [7, 11) is 0. The molecule has 5 rings (SSSR count). The van der Waals surface area contributed by atoms with Crippen LogP contribution in [0, 0.1) is 32.7 Å². The van der Waals surface area contributed by atoms with Crippen LogP contribution in [0.15, 0.2) is 24.3 Å². The molecule has 1 amide bonds. The van der Waals surface area contributed by atoms with Gasteiger partial charge in [0.25, 0.3) is 0 Å². The molecule has 2 bridgehead atoms. The SMILES string of the molecule is C[C@@H]1[C@@H](NC(=O)[C@@H]2[C@H]([C@H](C)O)[C@H](C)ON2Cc2cccc(I)c2)C[C@H]2C[C@@H]1C2(C)C. The summed E-state index contributed by atoms with van der Waals surface area (Å²) in [6.45, 7) is 11.3. The zero-order valence-electron chi connectivity index (χ0n) is 18.6. The van der Waals surface area contributed by atoms with Crippen molar-refractivity contribution < 1.29 is 14.7 Å². The third-order valence-electron chi connectivity index (χ3n) is 8.25. The first-order valence-corrected chi connectivity index (χ1v) is 12.3. The van der Waals surface area contributed by atoms with Crippen LogP contribution in [0.1, 0.15) is 53.0 Å². The highest BCUT2D eigenvalue weighted by Crippen LogP contribution is 2.61. The lowest BCUT2D eigenvalue weighted by Crippen LogP contribution is -2.62. The van der Waals surface area contributed by atoms with Gasteiger partial charge in [0.15, 0.2) is 0 Å². The normalized spacial score (nSPS) is 38.7. The fraction of sp³-hybridized carbons (Fsp3) is 0.708. The molecular weight excluding hydrogens is 491 g/mol. The van der Waals surface area contributed by atoms with Gasteiger partial charge in [0.2, 0.25) is 5.91 Å². The van der Waals surface area contributed by atoms with Gasteiger partial charge in [-0.25, -0.2) is 0 Å². The number of nitrogens with zero attached hydrogens (tertiary/aromatic N) is 1. The predicted molar refractivity (Wildman–Crippen MR) is 125 cm³/mol. The molecule has 3 saturated carbocycles. The summed E-state index contributed by atoms with van der Waals surface area (Å²) in [6, 6.07) is 7.96. The molecule has 1 heterocycles. The molecular formula is C24H35IN2O3. The highest BCUT2D eigenvalue weighted by Gasteiger charge is 2.57. The fourth-order valence-electron chi connectivity index (χ4n) is 6.32. The number of rotatable bonds is 5. The van der Waals surface area contributed by atoms with Crippen molar-refractivity contribution in [3.8, 4) is 0 Å². The molecule has 5 nitrogen and oxygen atoms in total. The van der Waals surface area contributed by atoms with E-state index in [2.05, 4.69) is 66.9 Å². The minimum Gasteiger partial charge on any atom is -0.393 e. The van der Waals surface area contributed by atoms with Crippen molar-refractivity contribution in [2.24, 2.45) is 29.1 Å². The molecule has 1 aliphatic heterocycles. The summed E-state index contributed by atoms with van der Waals surface area (Å²) < 4.78 is 1.16. The number of aliphatic hydroxyl groups is 1. The number of fused-ring (bicyclic) bond motifs is 2. The van der Waals surface area contributed by atoms with E-state index in [-0.39, 0.29) is 24.0 Å². The van der Waals surface area contributed by atoms with Crippen molar-refractivity contribution in [2.45, 2.75) is 78.3 Å². The van der Waals surface area contributed by atoms with Crippen molar-refractivity contribution in [3.63, 3.8) is 0 Å². The lowest BCUT2D eigenvalue weighted by molar-refractivity contribution is -0.174. The minimum atomic E-state index is -0.618. The van der Waals surface area contributed by atoms with E-state index in [9.17, 15) is 9.90 Å². The molecule has 0 aromatic heterocycles. The van der Waals surface area contributed by atoms with Crippen LogP contribution < -0.4 is 5.32 Å². The van der Waals surface area contributed by atoms with Crippen LogP contribution in [0.3, 0.4) is 0 Å². The van der Waals surface area contributed by atoms with Crippen LogP contribution in [0.4, 0.5) is 0 Å². The number of hydroxylamine groups is 2. The molecule has 0 spiro atoms. The third kappa shape index (κ3) is 3.93. The molecule has 4 aliphatic rings. The van der Waals surface area contributed by atoms with Crippen LogP contribution in [0.25, 0.3) is 0 Å². The second kappa shape index (κ2) is 8.34. The molecule has 0 unspecified atom stereocenters. The Morgan fingerprint density at radius 2 is 2.10 bits per heavy atom. The Hall–Kier alpha value is -0.700. The van der Waals surface area contributed by atoms with Gasteiger partial charge in [0.05, 0.1) is 18.8 Å². The minimum absolute atomic E-state index is 0.00756. The average Bonchev–Trinajstić information content (AvgIpc) is 2.98. The van der Waals surface area contributed by atoms with Crippen molar-refractivity contribution >= 4 is 28.5 Å². The lowest BCUT2D eigenvalue weighted by Gasteiger charge is -2.62. The number of carbonyl (C=O) groups is 1. The molecule has 6 heteroatoms. The van der Waals surface area contributed by atoms with E-state index in [1.165, 1.54) is 6.42 Å². The molecule has 30 heavy (non-hydrogen) atoms. The summed E-state index contributed by atoms with van der Waals surface area (Å²) in [6.07, 6.45) is 1.52. The van der Waals surface area contributed by atoms with Gasteiger partial charge in [-0.05, 0) is 90.1 Å². The second-order valence-electron chi connectivity index (χ2n) is 10.3. The number of hydrogen-bond donors (Lipinski definition) is 2. The van der Waals surface area contributed by atoms with Crippen LogP contribution >= 0.6 is 22.6 Å². The maximum absolute atomic E-state index is 13.5. The largest absolute Gasteiger partial charge is 0.393 e. The molecule has 166 valence electrons. The summed E-state index contributed by atoms with van der Waals surface area (Å²) in [5.41, 5.74) is 1.50. The van der Waals surface area contributed by atoms with Gasteiger partial charge in [-0.15, -0.1) is 0 Å². The Labute approximate surface area is 194 Å². The zero-order chi connectivity index (χ0) is 21.8. The van der Waals surface area contributed by atoms with Crippen LogP contribution in [0.2, 0.25) is 0 Å². The smallest absolute Gasteiger partial charge is 0.240 e. The van der Waals surface area contributed by atoms with E-state index in [1.54, 1.807) is 12.0 Å². The first kappa shape index (κ1) is 22.5. The van der Waals surface area contributed by atoms with Gasteiger partial charge < -0.3 is 10.4 Å². The van der Waals surface area contributed by atoms with E-state index in [1.807, 2.05) is 13.0 Å². The Morgan fingerprint density at radius 3 is 2.70 bits per heavy atom. The van der Waals surface area contributed by atoms with Crippen molar-refractivity contribution in [3.05, 3.63) is 33.4 Å². The van der Waals surface area contributed by atoms with Crippen molar-refractivity contribution in [1.82, 2.24) is 10.4 Å². The summed E-state index contributed by atoms with van der Waals surface area (Å²) in [5.74, 6) is 1.58. The highest BCUT2D eigenvalue weighted by molar-refractivity contribution is 14.1. The number of aliphatic hydroxyl groups excluding tert-OH is 1. The van der Waals surface area contributed by atoms with Gasteiger partial charge >= 0.3 is 0 Å². The fourth-order valence-corrected chi connectivity index (χ4v) is 6.93. The quantitative estimate of drug-likeness (QED) is 0.570. The molecule has 4 fully saturated rings. The van der Waals surface area contributed by atoms with Gasteiger partial charge in [-0.1, -0.05) is 32.9 Å². The molecule has 8 atom stereocenters. The Bertz CT molecular complexity index is 798. The van der Waals surface area contributed by atoms with E-state index in [0.717, 1.165) is 15.6 Å². The van der Waals surface area contributed by atoms with Crippen molar-refractivity contribution in [1.29, 1.82) is 0 Å². The maximum Gasteiger partial charge on any atom is 0.240 e.